The van der Waals surface area contributed by atoms with Crippen LogP contribution in [-0.4, -0.2) is 72.6 Å². The van der Waals surface area contributed by atoms with Crippen LogP contribution in [0.4, 0.5) is 0 Å². The van der Waals surface area contributed by atoms with Crippen LogP contribution in [0, 0.1) is 0 Å². The third kappa shape index (κ3) is 5.97. The van der Waals surface area contributed by atoms with Gasteiger partial charge in [0.2, 0.25) is 5.43 Å². The van der Waals surface area contributed by atoms with E-state index in [9.17, 15) is 9.59 Å². The predicted octanol–water partition coefficient (Wildman–Crippen LogP) is 1.76. The third-order valence-corrected chi connectivity index (χ3v) is 6.92. The number of hydrogen-bond donors (Lipinski definition) is 3. The van der Waals surface area contributed by atoms with E-state index in [0.717, 1.165) is 24.2 Å². The van der Waals surface area contributed by atoms with Gasteiger partial charge in [-0.3, -0.25) is 14.5 Å². The zero-order valence-electron chi connectivity index (χ0n) is 20.5. The van der Waals surface area contributed by atoms with Crippen molar-refractivity contribution in [3.05, 3.63) is 74.5 Å². The summed E-state index contributed by atoms with van der Waals surface area (Å²) in [6.07, 6.45) is 1.42. The Bertz CT molecular complexity index is 1320. The number of hydrogen-bond acceptors (Lipinski definition) is 7. The number of amides is 1. The normalized spacial score (nSPS) is 17.5. The zero-order valence-corrected chi connectivity index (χ0v) is 21.3. The van der Waals surface area contributed by atoms with Gasteiger partial charge < -0.3 is 29.8 Å². The molecular weight excluding hydrogens is 496 g/mol. The number of carbonyl (C=O) groups excluding carboxylic acids is 1. The van der Waals surface area contributed by atoms with Gasteiger partial charge in [-0.25, -0.2) is 0 Å². The van der Waals surface area contributed by atoms with E-state index in [4.69, 9.17) is 26.2 Å². The van der Waals surface area contributed by atoms with Crippen LogP contribution in [0.5, 0.6) is 5.75 Å². The molecule has 1 aromatic heterocycles. The van der Waals surface area contributed by atoms with Crippen molar-refractivity contribution >= 4 is 28.4 Å². The van der Waals surface area contributed by atoms with E-state index in [2.05, 4.69) is 15.5 Å². The summed E-state index contributed by atoms with van der Waals surface area (Å²) >= 11 is 5.96. The Morgan fingerprint density at radius 2 is 1.92 bits per heavy atom. The Balaban J connectivity index is 1.47. The summed E-state index contributed by atoms with van der Waals surface area (Å²) in [5.41, 5.74) is 2.32. The molecule has 1 unspecified atom stereocenters. The Morgan fingerprint density at radius 1 is 1.14 bits per heavy atom. The number of pyridine rings is 1. The van der Waals surface area contributed by atoms with Crippen LogP contribution in [0.1, 0.15) is 21.5 Å². The molecule has 1 amide bonds. The molecule has 0 saturated carbocycles. The van der Waals surface area contributed by atoms with Crippen molar-refractivity contribution in [2.24, 2.45) is 0 Å². The molecule has 1 fully saturated rings. The molecule has 196 valence electrons. The summed E-state index contributed by atoms with van der Waals surface area (Å²) in [7, 11) is 0. The molecule has 0 radical (unpaired) electrons. The minimum absolute atomic E-state index is 0.0349. The quantitative estimate of drug-likeness (QED) is 0.365. The maximum Gasteiger partial charge on any atom is 0.257 e. The molecule has 1 atom stereocenters. The zero-order chi connectivity index (χ0) is 25.8. The molecule has 0 spiro atoms. The van der Waals surface area contributed by atoms with Gasteiger partial charge in [-0.1, -0.05) is 23.7 Å². The molecule has 3 N–H and O–H groups in total. The first-order chi connectivity index (χ1) is 18.0. The summed E-state index contributed by atoms with van der Waals surface area (Å²) in [6.45, 7) is 5.44. The minimum atomic E-state index is -0.424. The van der Waals surface area contributed by atoms with Crippen LogP contribution in [0.25, 0.3) is 10.9 Å². The van der Waals surface area contributed by atoms with Gasteiger partial charge in [-0.2, -0.15) is 0 Å². The number of aliphatic hydroxyl groups is 1. The van der Waals surface area contributed by atoms with Crippen molar-refractivity contribution in [2.75, 3.05) is 46.0 Å². The number of ether oxygens (including phenoxy) is 2. The second kappa shape index (κ2) is 11.6. The predicted molar refractivity (Wildman–Crippen MR) is 141 cm³/mol. The molecule has 10 heteroatoms. The molecule has 2 aromatic carbocycles. The average Bonchev–Trinajstić information content (AvgIpc) is 2.90. The van der Waals surface area contributed by atoms with E-state index >= 15 is 0 Å². The lowest BCUT2D eigenvalue weighted by atomic mass is 10.0. The van der Waals surface area contributed by atoms with Crippen LogP contribution < -0.4 is 20.8 Å². The molecule has 3 heterocycles. The molecule has 0 bridgehead atoms. The van der Waals surface area contributed by atoms with Crippen LogP contribution in [0.15, 0.2) is 47.4 Å². The van der Waals surface area contributed by atoms with Crippen LogP contribution >= 0.6 is 11.6 Å². The van der Waals surface area contributed by atoms with Gasteiger partial charge >= 0.3 is 0 Å². The van der Waals surface area contributed by atoms with Crippen LogP contribution in [0.3, 0.4) is 0 Å². The number of carbonyl (C=O) groups is 1. The number of morpholine rings is 1. The second-order valence-corrected chi connectivity index (χ2v) is 9.82. The van der Waals surface area contributed by atoms with E-state index in [1.54, 1.807) is 18.3 Å². The number of nitrogens with zero attached hydrogens (tertiary/aromatic N) is 2. The Kier molecular flexibility index (Phi) is 8.07. The highest BCUT2D eigenvalue weighted by atomic mass is 35.5. The third-order valence-electron chi connectivity index (χ3n) is 6.67. The number of halogens is 1. The standard InChI is InChI=1S/C27H31ClN4O5/c28-20-3-1-18(2-4-20)13-30-27(35)23-17-32-16-21(14-29-5-8-33)37-24-12-19(11-22(25(24)32)26(23)34)15-31-6-9-36-10-7-31/h1-4,11-12,17,21,29,33H,5-10,13-16H2,(H,30,35). The highest BCUT2D eigenvalue weighted by molar-refractivity contribution is 6.30. The second-order valence-electron chi connectivity index (χ2n) is 9.38. The molecular formula is C27H31ClN4O5. The first-order valence-corrected chi connectivity index (χ1v) is 12.9. The first kappa shape index (κ1) is 25.7. The van der Waals surface area contributed by atoms with Gasteiger partial charge in [0.15, 0.2) is 0 Å². The summed E-state index contributed by atoms with van der Waals surface area (Å²) in [6, 6.07) is 11.1. The Labute approximate surface area is 219 Å². The lowest BCUT2D eigenvalue weighted by molar-refractivity contribution is 0.0341. The van der Waals surface area contributed by atoms with Crippen molar-refractivity contribution in [3.8, 4) is 5.75 Å². The molecule has 0 aliphatic carbocycles. The van der Waals surface area contributed by atoms with Crippen LogP contribution in [-0.2, 0) is 24.4 Å². The lowest BCUT2D eigenvalue weighted by Gasteiger charge is -2.30. The maximum atomic E-state index is 13.6. The molecule has 37 heavy (non-hydrogen) atoms. The van der Waals surface area contributed by atoms with Gasteiger partial charge in [-0.15, -0.1) is 0 Å². The fourth-order valence-corrected chi connectivity index (χ4v) is 4.95. The van der Waals surface area contributed by atoms with Gasteiger partial charge in [0, 0.05) is 50.5 Å². The fourth-order valence-electron chi connectivity index (χ4n) is 4.83. The van der Waals surface area contributed by atoms with E-state index in [-0.39, 0.29) is 30.2 Å². The van der Waals surface area contributed by atoms with E-state index < -0.39 is 5.91 Å². The number of benzene rings is 2. The highest BCUT2D eigenvalue weighted by Gasteiger charge is 2.26. The smallest absolute Gasteiger partial charge is 0.257 e. The van der Waals surface area contributed by atoms with Crippen molar-refractivity contribution in [2.45, 2.75) is 25.7 Å². The van der Waals surface area contributed by atoms with E-state index in [1.165, 1.54) is 0 Å². The lowest BCUT2D eigenvalue weighted by Crippen LogP contribution is -2.39. The topological polar surface area (TPSA) is 105 Å². The van der Waals surface area contributed by atoms with Gasteiger partial charge in [0.25, 0.3) is 5.91 Å². The summed E-state index contributed by atoms with van der Waals surface area (Å²) in [5.74, 6) is 0.209. The van der Waals surface area contributed by atoms with Crippen molar-refractivity contribution in [3.63, 3.8) is 0 Å². The molecule has 5 rings (SSSR count). The Morgan fingerprint density at radius 3 is 2.68 bits per heavy atom. The van der Waals surface area contributed by atoms with Gasteiger partial charge in [-0.05, 0) is 35.4 Å². The highest BCUT2D eigenvalue weighted by Crippen LogP contribution is 2.32. The summed E-state index contributed by atoms with van der Waals surface area (Å²) in [4.78, 5) is 29.0. The molecule has 2 aliphatic heterocycles. The number of rotatable bonds is 9. The fraction of sp³-hybridized carbons (Fsp3) is 0.407. The molecule has 9 nitrogen and oxygen atoms in total. The monoisotopic (exact) mass is 526 g/mol. The number of nitrogens with one attached hydrogen (secondary N) is 2. The number of aromatic nitrogens is 1. The summed E-state index contributed by atoms with van der Waals surface area (Å²) in [5, 5.41) is 16.3. The van der Waals surface area contributed by atoms with Crippen molar-refractivity contribution in [1.82, 2.24) is 20.1 Å². The minimum Gasteiger partial charge on any atom is -0.485 e. The SMILES string of the molecule is O=C(NCc1ccc(Cl)cc1)c1cn2c3c(cc(CN4CCOCC4)cc3c1=O)OC(CNCCO)C2. The van der Waals surface area contributed by atoms with Crippen molar-refractivity contribution in [1.29, 1.82) is 0 Å². The number of aliphatic hydroxyl groups excluding tert-OH is 1. The molecule has 3 aromatic rings. The largest absolute Gasteiger partial charge is 0.485 e. The van der Waals surface area contributed by atoms with E-state index in [0.29, 0.717) is 61.1 Å². The summed E-state index contributed by atoms with van der Waals surface area (Å²) < 4.78 is 13.7. The van der Waals surface area contributed by atoms with Crippen LogP contribution in [0.2, 0.25) is 5.02 Å². The average molecular weight is 527 g/mol. The van der Waals surface area contributed by atoms with Gasteiger partial charge in [0.1, 0.15) is 17.4 Å². The first-order valence-electron chi connectivity index (χ1n) is 12.5. The van der Waals surface area contributed by atoms with Crippen molar-refractivity contribution < 1.29 is 19.4 Å². The Hall–Kier alpha value is -2.95. The molecule has 2 aliphatic rings. The van der Waals surface area contributed by atoms with Gasteiger partial charge in [0.05, 0.1) is 37.3 Å². The van der Waals surface area contributed by atoms with E-state index in [1.807, 2.05) is 28.8 Å². The maximum absolute atomic E-state index is 13.6. The molecule has 1 saturated heterocycles.